The van der Waals surface area contributed by atoms with Crippen LogP contribution in [0.25, 0.3) is 0 Å². The van der Waals surface area contributed by atoms with E-state index in [0.29, 0.717) is 19.1 Å². The molecule has 0 aliphatic carbocycles. The highest BCUT2D eigenvalue weighted by molar-refractivity contribution is 5.74. The number of nitrogens with zero attached hydrogens (tertiary/aromatic N) is 2. The van der Waals surface area contributed by atoms with Gasteiger partial charge in [-0.15, -0.1) is 0 Å². The maximum Gasteiger partial charge on any atom is 0.318 e. The van der Waals surface area contributed by atoms with Crippen molar-refractivity contribution in [1.82, 2.24) is 15.1 Å². The molecule has 2 aromatic rings. The number of nitrogens with one attached hydrogen (secondary N) is 1. The molecule has 1 N–H and O–H groups in total. The highest BCUT2D eigenvalue weighted by Crippen LogP contribution is 2.21. The Morgan fingerprint density at radius 2 is 1.84 bits per heavy atom. The van der Waals surface area contributed by atoms with E-state index in [0.717, 1.165) is 49.4 Å². The van der Waals surface area contributed by atoms with Crippen LogP contribution in [0.5, 0.6) is 5.75 Å². The van der Waals surface area contributed by atoms with E-state index in [4.69, 9.17) is 4.74 Å². The van der Waals surface area contributed by atoms with Crippen molar-refractivity contribution in [3.05, 3.63) is 65.2 Å². The van der Waals surface area contributed by atoms with E-state index in [-0.39, 0.29) is 24.2 Å². The van der Waals surface area contributed by atoms with E-state index >= 15 is 0 Å². The van der Waals surface area contributed by atoms with Gasteiger partial charge in [-0.3, -0.25) is 0 Å². The van der Waals surface area contributed by atoms with Crippen molar-refractivity contribution >= 4 is 6.03 Å². The fourth-order valence-electron chi connectivity index (χ4n) is 3.77. The number of amides is 2. The Kier molecular flexibility index (Phi) is 8.45. The van der Waals surface area contributed by atoms with Gasteiger partial charge in [0.2, 0.25) is 0 Å². The van der Waals surface area contributed by atoms with E-state index < -0.39 is 11.6 Å². The molecule has 2 aromatic carbocycles. The highest BCUT2D eigenvalue weighted by Gasteiger charge is 2.28. The molecule has 1 aliphatic heterocycles. The maximum absolute atomic E-state index is 14.3. The van der Waals surface area contributed by atoms with Gasteiger partial charge in [0.05, 0.1) is 13.2 Å². The predicted molar refractivity (Wildman–Crippen MR) is 121 cm³/mol. The molecule has 0 radical (unpaired) electrons. The van der Waals surface area contributed by atoms with Gasteiger partial charge in [0.1, 0.15) is 17.4 Å². The lowest BCUT2D eigenvalue weighted by atomic mass is 10.0. The number of ether oxygens (including phenoxy) is 1. The minimum absolute atomic E-state index is 0.0272. The summed E-state index contributed by atoms with van der Waals surface area (Å²) in [7, 11) is 2.04. The summed E-state index contributed by atoms with van der Waals surface area (Å²) in [4.78, 5) is 17.0. The summed E-state index contributed by atoms with van der Waals surface area (Å²) in [5.74, 6) is 0.227. The first-order chi connectivity index (χ1) is 15.3. The molecule has 3 rings (SSSR count). The van der Waals surface area contributed by atoms with Gasteiger partial charge in [0, 0.05) is 18.2 Å². The van der Waals surface area contributed by atoms with Crippen LogP contribution in [0.15, 0.2) is 42.5 Å². The molecule has 174 valence electrons. The number of urea groups is 1. The molecule has 0 unspecified atom stereocenters. The molecule has 1 heterocycles. The summed E-state index contributed by atoms with van der Waals surface area (Å²) in [6.07, 6.45) is 1.59. The average molecular weight is 446 g/mol. The van der Waals surface area contributed by atoms with Crippen molar-refractivity contribution < 1.29 is 18.3 Å². The molecule has 1 saturated heterocycles. The topological polar surface area (TPSA) is 44.8 Å². The van der Waals surface area contributed by atoms with Crippen LogP contribution in [0.2, 0.25) is 0 Å². The molecule has 7 heteroatoms. The molecule has 1 fully saturated rings. The van der Waals surface area contributed by atoms with Gasteiger partial charge in [0.15, 0.2) is 0 Å². The van der Waals surface area contributed by atoms with Crippen molar-refractivity contribution in [2.75, 3.05) is 26.7 Å². The van der Waals surface area contributed by atoms with E-state index in [2.05, 4.69) is 24.1 Å². The van der Waals surface area contributed by atoms with Crippen molar-refractivity contribution in [3.63, 3.8) is 0 Å². The molecule has 0 aromatic heterocycles. The van der Waals surface area contributed by atoms with Crippen LogP contribution in [0.1, 0.15) is 37.8 Å². The number of carbonyl (C=O) groups excluding carboxylic acids is 1. The first-order valence-corrected chi connectivity index (χ1v) is 11.2. The Hall–Kier alpha value is -2.67. The molecular formula is C25H33F2N3O2. The third-order valence-corrected chi connectivity index (χ3v) is 5.69. The SMILES string of the molecule is CC(C)COc1ccc(CNC(=O)N(Cc2cc(F)ccc2F)C2CCN(C)CC2)cc1. The predicted octanol–water partition coefficient (Wildman–Crippen LogP) is 4.81. The first kappa shape index (κ1) is 24.0. The highest BCUT2D eigenvalue weighted by atomic mass is 19.1. The zero-order valence-corrected chi connectivity index (χ0v) is 19.1. The molecule has 5 nitrogen and oxygen atoms in total. The third-order valence-electron chi connectivity index (χ3n) is 5.69. The van der Waals surface area contributed by atoms with Crippen LogP contribution in [0.3, 0.4) is 0 Å². The van der Waals surface area contributed by atoms with Gasteiger partial charge in [0.25, 0.3) is 0 Å². The number of piperidine rings is 1. The number of likely N-dealkylation sites (tertiary alicyclic amines) is 1. The zero-order valence-electron chi connectivity index (χ0n) is 19.1. The van der Waals surface area contributed by atoms with Gasteiger partial charge < -0.3 is 19.9 Å². The van der Waals surface area contributed by atoms with E-state index in [1.54, 1.807) is 4.90 Å². The summed E-state index contributed by atoms with van der Waals surface area (Å²) in [5, 5.41) is 2.95. The number of halogens is 2. The monoisotopic (exact) mass is 445 g/mol. The Labute approximate surface area is 189 Å². The second kappa shape index (κ2) is 11.3. The summed E-state index contributed by atoms with van der Waals surface area (Å²) in [6.45, 7) is 6.93. The number of hydrogen-bond acceptors (Lipinski definition) is 3. The van der Waals surface area contributed by atoms with Crippen LogP contribution < -0.4 is 10.1 Å². The summed E-state index contributed by atoms with van der Waals surface area (Å²) in [5.41, 5.74) is 1.13. The lowest BCUT2D eigenvalue weighted by Crippen LogP contribution is -2.49. The van der Waals surface area contributed by atoms with Crippen LogP contribution in [-0.4, -0.2) is 48.6 Å². The van der Waals surface area contributed by atoms with Crippen molar-refractivity contribution in [2.45, 2.75) is 45.8 Å². The minimum atomic E-state index is -0.509. The quantitative estimate of drug-likeness (QED) is 0.635. The molecule has 0 saturated carbocycles. The molecule has 0 spiro atoms. The van der Waals surface area contributed by atoms with Crippen LogP contribution in [-0.2, 0) is 13.1 Å². The lowest BCUT2D eigenvalue weighted by Gasteiger charge is -2.37. The molecule has 2 amide bonds. The first-order valence-electron chi connectivity index (χ1n) is 11.2. The fraction of sp³-hybridized carbons (Fsp3) is 0.480. The number of carbonyl (C=O) groups is 1. The third kappa shape index (κ3) is 6.92. The largest absolute Gasteiger partial charge is 0.493 e. The van der Waals surface area contributed by atoms with Crippen molar-refractivity contribution in [1.29, 1.82) is 0 Å². The smallest absolute Gasteiger partial charge is 0.318 e. The molecular weight excluding hydrogens is 412 g/mol. The Morgan fingerprint density at radius 3 is 2.50 bits per heavy atom. The standard InChI is InChI=1S/C25H33F2N3O2/c1-18(2)17-32-23-7-4-19(5-8-23)15-28-25(31)30(22-10-12-29(3)13-11-22)16-20-14-21(26)6-9-24(20)27/h4-9,14,18,22H,10-13,15-17H2,1-3H3,(H,28,31). The number of benzene rings is 2. The number of rotatable bonds is 8. The van der Waals surface area contributed by atoms with Gasteiger partial charge in [-0.2, -0.15) is 0 Å². The summed E-state index contributed by atoms with van der Waals surface area (Å²) in [6, 6.07) is 10.7. The van der Waals surface area contributed by atoms with Crippen LogP contribution in [0.4, 0.5) is 13.6 Å². The van der Waals surface area contributed by atoms with Gasteiger partial charge in [-0.05, 0) is 74.8 Å². The van der Waals surface area contributed by atoms with Crippen LogP contribution in [0, 0.1) is 17.6 Å². The lowest BCUT2D eigenvalue weighted by molar-refractivity contribution is 0.126. The molecule has 0 atom stereocenters. The van der Waals surface area contributed by atoms with E-state index in [1.807, 2.05) is 31.3 Å². The molecule has 32 heavy (non-hydrogen) atoms. The van der Waals surface area contributed by atoms with E-state index in [9.17, 15) is 13.6 Å². The summed E-state index contributed by atoms with van der Waals surface area (Å²) >= 11 is 0. The Bertz CT molecular complexity index is 881. The van der Waals surface area contributed by atoms with Crippen molar-refractivity contribution in [3.8, 4) is 5.75 Å². The van der Waals surface area contributed by atoms with Gasteiger partial charge >= 0.3 is 6.03 Å². The molecule has 0 bridgehead atoms. The van der Waals surface area contributed by atoms with Crippen molar-refractivity contribution in [2.24, 2.45) is 5.92 Å². The maximum atomic E-state index is 14.3. The zero-order chi connectivity index (χ0) is 23.1. The van der Waals surface area contributed by atoms with Gasteiger partial charge in [-0.1, -0.05) is 26.0 Å². The second-order valence-electron chi connectivity index (χ2n) is 8.91. The average Bonchev–Trinajstić information content (AvgIpc) is 2.78. The Balaban J connectivity index is 1.66. The minimum Gasteiger partial charge on any atom is -0.493 e. The van der Waals surface area contributed by atoms with Crippen LogP contribution >= 0.6 is 0 Å². The summed E-state index contributed by atoms with van der Waals surface area (Å²) < 4.78 is 33.7. The van der Waals surface area contributed by atoms with Gasteiger partial charge in [-0.25, -0.2) is 13.6 Å². The normalized spacial score (nSPS) is 15.1. The van der Waals surface area contributed by atoms with E-state index in [1.165, 1.54) is 6.07 Å². The molecule has 1 aliphatic rings. The second-order valence-corrected chi connectivity index (χ2v) is 8.91. The fourth-order valence-corrected chi connectivity index (χ4v) is 3.77. The Morgan fingerprint density at radius 1 is 1.16 bits per heavy atom. The number of hydrogen-bond donors (Lipinski definition) is 1.